The molecule has 0 spiro atoms. The van der Waals surface area contributed by atoms with Gasteiger partial charge in [-0.25, -0.2) is 9.97 Å². The molecule has 11 heteroatoms. The smallest absolute Gasteiger partial charge is 0.425 e. The largest absolute Gasteiger partial charge is 0.454 e. The Hall–Kier alpha value is -3.34. The fourth-order valence-corrected chi connectivity index (χ4v) is 4.02. The fraction of sp³-hybridized carbons (Fsp3) is 0.211. The molecule has 0 fully saturated rings. The number of alkyl halides is 3. The minimum atomic E-state index is -4.44. The summed E-state index contributed by atoms with van der Waals surface area (Å²) >= 11 is 0.592. The van der Waals surface area contributed by atoms with Crippen LogP contribution in [0.5, 0.6) is 11.5 Å². The van der Waals surface area contributed by atoms with E-state index in [1.54, 1.807) is 6.07 Å². The van der Waals surface area contributed by atoms with Crippen molar-refractivity contribution >= 4 is 27.4 Å². The van der Waals surface area contributed by atoms with Gasteiger partial charge in [-0.1, -0.05) is 6.07 Å². The average molecular weight is 433 g/mol. The van der Waals surface area contributed by atoms with Crippen LogP contribution in [0.3, 0.4) is 0 Å². The van der Waals surface area contributed by atoms with Crippen molar-refractivity contribution in [3.63, 3.8) is 0 Å². The second-order valence-electron chi connectivity index (χ2n) is 6.56. The lowest BCUT2D eigenvalue weighted by Gasteiger charge is -2.09. The summed E-state index contributed by atoms with van der Waals surface area (Å²) in [5.41, 5.74) is 1.53. The Morgan fingerprint density at radius 3 is 2.77 bits per heavy atom. The molecule has 2 N–H and O–H groups in total. The van der Waals surface area contributed by atoms with Crippen molar-refractivity contribution in [2.45, 2.75) is 12.6 Å². The van der Waals surface area contributed by atoms with Crippen molar-refractivity contribution in [2.24, 2.45) is 0 Å². The molecule has 0 aliphatic carbocycles. The number of anilines is 1. The highest BCUT2D eigenvalue weighted by Gasteiger charge is 2.33. The van der Waals surface area contributed by atoms with Gasteiger partial charge in [-0.15, -0.1) is 11.3 Å². The van der Waals surface area contributed by atoms with Gasteiger partial charge in [-0.05, 0) is 36.2 Å². The van der Waals surface area contributed by atoms with Crippen LogP contribution in [0.2, 0.25) is 0 Å². The first kappa shape index (κ1) is 18.7. The van der Waals surface area contributed by atoms with Crippen LogP contribution >= 0.6 is 11.3 Å². The molecule has 1 aliphatic rings. The highest BCUT2D eigenvalue weighted by molar-refractivity contribution is 7.18. The van der Waals surface area contributed by atoms with Gasteiger partial charge in [0.25, 0.3) is 0 Å². The second kappa shape index (κ2) is 7.17. The van der Waals surface area contributed by atoms with E-state index < -0.39 is 11.1 Å². The summed E-state index contributed by atoms with van der Waals surface area (Å²) < 4.78 is 50.3. The van der Waals surface area contributed by atoms with Gasteiger partial charge in [0.05, 0.1) is 5.39 Å². The molecule has 30 heavy (non-hydrogen) atoms. The standard InChI is InChI=1S/C19H14F3N5O2S/c20-19(21,22)15-8-11-16(25-17(26-18(11)30-15)12-4-6-24-27-12)23-5-3-10-1-2-13-14(7-10)29-9-28-13/h1-2,4,6-8H,3,5,9H2,(H,24,27)(H,23,25,26). The van der Waals surface area contributed by atoms with Crippen LogP contribution in [0.15, 0.2) is 36.5 Å². The Kier molecular flexibility index (Phi) is 4.46. The first-order valence-corrected chi connectivity index (χ1v) is 9.80. The normalized spacial score (nSPS) is 13.2. The van der Waals surface area contributed by atoms with E-state index in [2.05, 4.69) is 25.5 Å². The summed E-state index contributed by atoms with van der Waals surface area (Å²) in [5, 5.41) is 10.1. The molecule has 154 valence electrons. The van der Waals surface area contributed by atoms with E-state index in [4.69, 9.17) is 9.47 Å². The summed E-state index contributed by atoms with van der Waals surface area (Å²) in [6.07, 6.45) is -2.29. The van der Waals surface area contributed by atoms with Crippen LogP contribution in [-0.4, -0.2) is 33.5 Å². The van der Waals surface area contributed by atoms with Gasteiger partial charge < -0.3 is 14.8 Å². The number of hydrogen-bond acceptors (Lipinski definition) is 7. The molecule has 0 bridgehead atoms. The predicted molar refractivity (Wildman–Crippen MR) is 105 cm³/mol. The number of nitrogens with one attached hydrogen (secondary N) is 2. The summed E-state index contributed by atoms with van der Waals surface area (Å²) in [7, 11) is 0. The average Bonchev–Trinajstić information content (AvgIpc) is 3.46. The third-order valence-electron chi connectivity index (χ3n) is 4.56. The maximum Gasteiger partial charge on any atom is 0.425 e. The Bertz CT molecular complexity index is 1210. The Labute approximate surface area is 171 Å². The minimum absolute atomic E-state index is 0.200. The maximum atomic E-state index is 13.2. The first-order valence-electron chi connectivity index (χ1n) is 8.98. The third kappa shape index (κ3) is 3.52. The van der Waals surface area contributed by atoms with Crippen LogP contribution in [0.4, 0.5) is 19.0 Å². The number of benzene rings is 1. The fourth-order valence-electron chi connectivity index (χ4n) is 3.12. The van der Waals surface area contributed by atoms with E-state index in [-0.39, 0.29) is 17.4 Å². The van der Waals surface area contributed by atoms with Crippen molar-refractivity contribution in [1.29, 1.82) is 0 Å². The van der Waals surface area contributed by atoms with Crippen molar-refractivity contribution < 1.29 is 22.6 Å². The van der Waals surface area contributed by atoms with Crippen molar-refractivity contribution in [1.82, 2.24) is 20.2 Å². The third-order valence-corrected chi connectivity index (χ3v) is 5.63. The lowest BCUT2D eigenvalue weighted by Crippen LogP contribution is -2.08. The minimum Gasteiger partial charge on any atom is -0.454 e. The second-order valence-corrected chi connectivity index (χ2v) is 7.59. The van der Waals surface area contributed by atoms with Gasteiger partial charge in [0.1, 0.15) is 21.2 Å². The lowest BCUT2D eigenvalue weighted by atomic mass is 10.1. The van der Waals surface area contributed by atoms with Gasteiger partial charge in [0, 0.05) is 12.7 Å². The van der Waals surface area contributed by atoms with Crippen molar-refractivity contribution in [3.8, 4) is 23.0 Å². The summed E-state index contributed by atoms with van der Waals surface area (Å²) in [5.74, 6) is 2.01. The SMILES string of the molecule is FC(F)(F)c1cc2c(NCCc3ccc4c(c3)OCO4)nc(-c3ccn[nH]3)nc2s1. The molecule has 5 rings (SSSR count). The number of ether oxygens (including phenoxy) is 2. The molecule has 4 heterocycles. The number of fused-ring (bicyclic) bond motifs is 2. The molecule has 4 aromatic rings. The molecule has 0 radical (unpaired) electrons. The van der Waals surface area contributed by atoms with E-state index in [9.17, 15) is 13.2 Å². The monoisotopic (exact) mass is 433 g/mol. The van der Waals surface area contributed by atoms with E-state index in [0.29, 0.717) is 52.7 Å². The molecule has 0 saturated heterocycles. The molecule has 0 saturated carbocycles. The Morgan fingerprint density at radius 1 is 1.10 bits per heavy atom. The molecular formula is C19H14F3N5O2S. The van der Waals surface area contributed by atoms with Gasteiger partial charge in [-0.3, -0.25) is 5.10 Å². The molecule has 0 amide bonds. The van der Waals surface area contributed by atoms with Crippen LogP contribution in [0, 0.1) is 0 Å². The van der Waals surface area contributed by atoms with Gasteiger partial charge in [0.2, 0.25) is 6.79 Å². The predicted octanol–water partition coefficient (Wildman–Crippen LogP) is 4.48. The molecular weight excluding hydrogens is 419 g/mol. The van der Waals surface area contributed by atoms with Crippen LogP contribution in [0.25, 0.3) is 21.7 Å². The van der Waals surface area contributed by atoms with Crippen LogP contribution in [-0.2, 0) is 12.6 Å². The number of aromatic nitrogens is 4. The number of rotatable bonds is 5. The van der Waals surface area contributed by atoms with E-state index in [1.807, 2.05) is 18.2 Å². The van der Waals surface area contributed by atoms with Crippen molar-refractivity contribution in [2.75, 3.05) is 18.7 Å². The maximum absolute atomic E-state index is 13.2. The topological polar surface area (TPSA) is 85.0 Å². The number of thiophene rings is 1. The Balaban J connectivity index is 1.43. The summed E-state index contributed by atoms with van der Waals surface area (Å²) in [4.78, 5) is 8.25. The number of H-pyrrole nitrogens is 1. The first-order chi connectivity index (χ1) is 14.5. The summed E-state index contributed by atoms with van der Waals surface area (Å²) in [6, 6.07) is 8.40. The number of halogens is 3. The highest BCUT2D eigenvalue weighted by Crippen LogP contribution is 2.40. The molecule has 1 aliphatic heterocycles. The Morgan fingerprint density at radius 2 is 1.97 bits per heavy atom. The number of nitrogens with zero attached hydrogens (tertiary/aromatic N) is 3. The van der Waals surface area contributed by atoms with E-state index >= 15 is 0 Å². The molecule has 7 nitrogen and oxygen atoms in total. The van der Waals surface area contributed by atoms with Gasteiger partial charge in [-0.2, -0.15) is 18.3 Å². The van der Waals surface area contributed by atoms with E-state index in [1.165, 1.54) is 6.20 Å². The lowest BCUT2D eigenvalue weighted by molar-refractivity contribution is -0.134. The van der Waals surface area contributed by atoms with Gasteiger partial charge in [0.15, 0.2) is 17.3 Å². The zero-order valence-corrected chi connectivity index (χ0v) is 16.1. The number of hydrogen-bond donors (Lipinski definition) is 2. The van der Waals surface area contributed by atoms with Crippen LogP contribution in [0.1, 0.15) is 10.4 Å². The van der Waals surface area contributed by atoms with E-state index in [0.717, 1.165) is 11.6 Å². The van der Waals surface area contributed by atoms with Crippen molar-refractivity contribution in [3.05, 3.63) is 47.0 Å². The summed E-state index contributed by atoms with van der Waals surface area (Å²) in [6.45, 7) is 0.664. The zero-order valence-electron chi connectivity index (χ0n) is 15.3. The molecule has 1 aromatic carbocycles. The molecule has 0 atom stereocenters. The van der Waals surface area contributed by atoms with Crippen LogP contribution < -0.4 is 14.8 Å². The quantitative estimate of drug-likeness (QED) is 0.483. The zero-order chi connectivity index (χ0) is 20.7. The molecule has 3 aromatic heterocycles. The number of aromatic amines is 1. The molecule has 0 unspecified atom stereocenters. The highest BCUT2D eigenvalue weighted by atomic mass is 32.1. The van der Waals surface area contributed by atoms with Gasteiger partial charge >= 0.3 is 6.18 Å².